The number of nitro benzene ring substituents is 1. The third kappa shape index (κ3) is 5.54. The van der Waals surface area contributed by atoms with Gasteiger partial charge in [-0.15, -0.1) is 0 Å². The van der Waals surface area contributed by atoms with E-state index in [2.05, 4.69) is 0 Å². The Morgan fingerprint density at radius 1 is 1.30 bits per heavy atom. The molecule has 0 bridgehead atoms. The number of sulfonamides is 1. The van der Waals surface area contributed by atoms with Crippen molar-refractivity contribution in [3.8, 4) is 5.75 Å². The van der Waals surface area contributed by atoms with Gasteiger partial charge >= 0.3 is 5.69 Å². The Balaban J connectivity index is 2.43. The quantitative estimate of drug-likeness (QED) is 0.446. The van der Waals surface area contributed by atoms with E-state index in [1.54, 1.807) is 25.1 Å². The highest BCUT2D eigenvalue weighted by Gasteiger charge is 2.17. The molecule has 0 aliphatic rings. The van der Waals surface area contributed by atoms with Crippen LogP contribution in [0.3, 0.4) is 0 Å². The molecule has 20 heavy (non-hydrogen) atoms. The monoisotopic (exact) mass is 302 g/mol. The number of benzene rings is 1. The lowest BCUT2D eigenvalue weighted by atomic mass is 10.2. The zero-order valence-corrected chi connectivity index (χ0v) is 12.1. The predicted octanol–water partition coefficient (Wildman–Crippen LogP) is 1.74. The van der Waals surface area contributed by atoms with Crippen molar-refractivity contribution in [2.45, 2.75) is 26.2 Å². The number of aryl methyl sites for hydroxylation is 1. The third-order valence-electron chi connectivity index (χ3n) is 2.71. The molecule has 0 radical (unpaired) electrons. The third-order valence-corrected chi connectivity index (χ3v) is 3.57. The Morgan fingerprint density at radius 2 is 2.00 bits per heavy atom. The largest absolute Gasteiger partial charge is 0.487 e. The number of hydrogen-bond donors (Lipinski definition) is 1. The zero-order valence-electron chi connectivity index (χ0n) is 11.2. The fourth-order valence-corrected chi connectivity index (χ4v) is 2.35. The van der Waals surface area contributed by atoms with Crippen molar-refractivity contribution in [3.05, 3.63) is 33.9 Å². The number of nitro groups is 1. The van der Waals surface area contributed by atoms with E-state index < -0.39 is 14.9 Å². The first kappa shape index (κ1) is 16.4. The second-order valence-electron chi connectivity index (χ2n) is 4.45. The van der Waals surface area contributed by atoms with E-state index in [0.717, 1.165) is 0 Å². The van der Waals surface area contributed by atoms with Crippen LogP contribution in [-0.2, 0) is 10.0 Å². The molecule has 1 rings (SSSR count). The lowest BCUT2D eigenvalue weighted by Crippen LogP contribution is -2.16. The fourth-order valence-electron chi connectivity index (χ4n) is 1.75. The molecule has 0 saturated heterocycles. The van der Waals surface area contributed by atoms with Gasteiger partial charge in [-0.25, -0.2) is 13.6 Å². The molecule has 0 aliphatic heterocycles. The van der Waals surface area contributed by atoms with Gasteiger partial charge in [-0.2, -0.15) is 0 Å². The molecule has 8 heteroatoms. The van der Waals surface area contributed by atoms with Gasteiger partial charge in [-0.1, -0.05) is 12.1 Å². The first-order chi connectivity index (χ1) is 9.31. The van der Waals surface area contributed by atoms with Crippen molar-refractivity contribution in [2.75, 3.05) is 12.4 Å². The second kappa shape index (κ2) is 7.20. The van der Waals surface area contributed by atoms with Crippen LogP contribution in [0.5, 0.6) is 5.75 Å². The van der Waals surface area contributed by atoms with Crippen LogP contribution < -0.4 is 9.88 Å². The van der Waals surface area contributed by atoms with Crippen molar-refractivity contribution in [2.24, 2.45) is 5.14 Å². The minimum atomic E-state index is -3.42. The van der Waals surface area contributed by atoms with E-state index in [0.29, 0.717) is 31.4 Å². The lowest BCUT2D eigenvalue weighted by Gasteiger charge is -2.07. The summed E-state index contributed by atoms with van der Waals surface area (Å²) in [5.74, 6) is 0.180. The van der Waals surface area contributed by atoms with Crippen molar-refractivity contribution in [3.63, 3.8) is 0 Å². The molecule has 0 saturated carbocycles. The van der Waals surface area contributed by atoms with Gasteiger partial charge in [0.05, 0.1) is 17.3 Å². The minimum Gasteiger partial charge on any atom is -0.487 e. The number of para-hydroxylation sites is 1. The number of ether oxygens (including phenoxy) is 1. The van der Waals surface area contributed by atoms with Crippen molar-refractivity contribution >= 4 is 15.7 Å². The summed E-state index contributed by atoms with van der Waals surface area (Å²) in [6, 6.07) is 4.89. The molecule has 1 aromatic rings. The molecule has 0 spiro atoms. The summed E-state index contributed by atoms with van der Waals surface area (Å²) < 4.78 is 26.8. The van der Waals surface area contributed by atoms with E-state index in [1.165, 1.54) is 0 Å². The zero-order chi connectivity index (χ0) is 15.2. The topological polar surface area (TPSA) is 113 Å². The van der Waals surface area contributed by atoms with E-state index >= 15 is 0 Å². The number of nitrogens with zero attached hydrogens (tertiary/aromatic N) is 1. The van der Waals surface area contributed by atoms with Gasteiger partial charge in [0.15, 0.2) is 5.75 Å². The molecule has 0 heterocycles. The number of hydrogen-bond acceptors (Lipinski definition) is 5. The smallest absolute Gasteiger partial charge is 0.313 e. The number of rotatable bonds is 8. The van der Waals surface area contributed by atoms with Gasteiger partial charge in [-0.3, -0.25) is 10.1 Å². The Labute approximate surface area is 117 Å². The Bertz CT molecular complexity index is 571. The average Bonchev–Trinajstić information content (AvgIpc) is 2.31. The molecule has 0 atom stereocenters. The lowest BCUT2D eigenvalue weighted by molar-refractivity contribution is -0.386. The van der Waals surface area contributed by atoms with E-state index in [4.69, 9.17) is 9.88 Å². The highest BCUT2D eigenvalue weighted by Crippen LogP contribution is 2.30. The summed E-state index contributed by atoms with van der Waals surface area (Å²) in [6.45, 7) is 1.95. The van der Waals surface area contributed by atoms with Crippen LogP contribution in [0.25, 0.3) is 0 Å². The van der Waals surface area contributed by atoms with Crippen LogP contribution in [0, 0.1) is 17.0 Å². The number of nitrogens with two attached hydrogens (primary N) is 1. The molecule has 7 nitrogen and oxygen atoms in total. The van der Waals surface area contributed by atoms with Crippen LogP contribution in [0.1, 0.15) is 24.8 Å². The number of primary sulfonamides is 1. The molecule has 112 valence electrons. The molecule has 2 N–H and O–H groups in total. The van der Waals surface area contributed by atoms with Gasteiger partial charge in [0.1, 0.15) is 0 Å². The van der Waals surface area contributed by atoms with Gasteiger partial charge < -0.3 is 4.74 Å². The van der Waals surface area contributed by atoms with Crippen molar-refractivity contribution < 1.29 is 18.1 Å². The van der Waals surface area contributed by atoms with Crippen molar-refractivity contribution in [1.82, 2.24) is 0 Å². The Morgan fingerprint density at radius 3 is 2.60 bits per heavy atom. The summed E-state index contributed by atoms with van der Waals surface area (Å²) in [5, 5.41) is 15.8. The molecule has 1 aromatic carbocycles. The Kier molecular flexibility index (Phi) is 5.90. The molecular formula is C12H18N2O5S. The maximum absolute atomic E-state index is 10.9. The number of unbranched alkanes of at least 4 members (excludes halogenated alkanes) is 2. The van der Waals surface area contributed by atoms with E-state index in [-0.39, 0.29) is 17.2 Å². The SMILES string of the molecule is Cc1cccc(OCCCCCS(N)(=O)=O)c1[N+](=O)[O-]. The molecular weight excluding hydrogens is 284 g/mol. The molecule has 0 aliphatic carbocycles. The molecule has 0 fully saturated rings. The molecule has 0 aromatic heterocycles. The average molecular weight is 302 g/mol. The summed E-state index contributed by atoms with van der Waals surface area (Å²) in [5.41, 5.74) is 0.513. The first-order valence-electron chi connectivity index (χ1n) is 6.18. The molecule has 0 unspecified atom stereocenters. The van der Waals surface area contributed by atoms with Gasteiger partial charge in [-0.05, 0) is 32.3 Å². The summed E-state index contributed by atoms with van der Waals surface area (Å²) in [6.07, 6.45) is 1.70. The summed E-state index contributed by atoms with van der Waals surface area (Å²) in [4.78, 5) is 10.5. The van der Waals surface area contributed by atoms with Crippen molar-refractivity contribution in [1.29, 1.82) is 0 Å². The van der Waals surface area contributed by atoms with Crippen LogP contribution >= 0.6 is 0 Å². The Hall–Kier alpha value is -1.67. The van der Waals surface area contributed by atoms with Crippen LogP contribution in [0.15, 0.2) is 18.2 Å². The fraction of sp³-hybridized carbons (Fsp3) is 0.500. The minimum absolute atomic E-state index is 0.0305. The normalized spacial score (nSPS) is 11.3. The van der Waals surface area contributed by atoms with Gasteiger partial charge in [0, 0.05) is 5.56 Å². The molecule has 0 amide bonds. The first-order valence-corrected chi connectivity index (χ1v) is 7.90. The van der Waals surface area contributed by atoms with E-state index in [1.807, 2.05) is 0 Å². The van der Waals surface area contributed by atoms with Gasteiger partial charge in [0.25, 0.3) is 0 Å². The highest BCUT2D eigenvalue weighted by molar-refractivity contribution is 7.89. The van der Waals surface area contributed by atoms with Gasteiger partial charge in [0.2, 0.25) is 10.0 Å². The van der Waals surface area contributed by atoms with E-state index in [9.17, 15) is 18.5 Å². The maximum Gasteiger partial charge on any atom is 0.313 e. The predicted molar refractivity (Wildman–Crippen MR) is 75.2 cm³/mol. The second-order valence-corrected chi connectivity index (χ2v) is 6.19. The highest BCUT2D eigenvalue weighted by atomic mass is 32.2. The summed E-state index contributed by atoms with van der Waals surface area (Å²) in [7, 11) is -3.42. The standard InChI is InChI=1S/C12H18N2O5S/c1-10-6-5-7-11(12(10)14(15)16)19-8-3-2-4-9-20(13,17)18/h5-7H,2-4,8-9H2,1H3,(H2,13,17,18). The van der Waals surface area contributed by atoms with Crippen LogP contribution in [-0.4, -0.2) is 25.7 Å². The van der Waals surface area contributed by atoms with Crippen LogP contribution in [0.4, 0.5) is 5.69 Å². The van der Waals surface area contributed by atoms with Crippen LogP contribution in [0.2, 0.25) is 0 Å². The maximum atomic E-state index is 10.9. The summed E-state index contributed by atoms with van der Waals surface area (Å²) >= 11 is 0.